The molecule has 1 N–H and O–H groups in total. The summed E-state index contributed by atoms with van der Waals surface area (Å²) >= 11 is 7.20. The molecule has 0 fully saturated rings. The lowest BCUT2D eigenvalue weighted by molar-refractivity contribution is 0.573. The van der Waals surface area contributed by atoms with Gasteiger partial charge in [0.2, 0.25) is 0 Å². The summed E-state index contributed by atoms with van der Waals surface area (Å²) in [6.45, 7) is 2.02. The van der Waals surface area contributed by atoms with Gasteiger partial charge in [0, 0.05) is 40.4 Å². The van der Waals surface area contributed by atoms with Crippen molar-refractivity contribution in [3.63, 3.8) is 0 Å². The van der Waals surface area contributed by atoms with Crippen LogP contribution in [0.2, 0.25) is 5.15 Å². The van der Waals surface area contributed by atoms with Crippen molar-refractivity contribution in [3.8, 4) is 0 Å². The van der Waals surface area contributed by atoms with E-state index in [1.807, 2.05) is 6.92 Å². The fourth-order valence-electron chi connectivity index (χ4n) is 1.61. The molecule has 0 aromatic carbocycles. The fraction of sp³-hybridized carbons (Fsp3) is 0.500. The highest BCUT2D eigenvalue weighted by molar-refractivity contribution is 7.89. The third-order valence-corrected chi connectivity index (χ3v) is 6.83. The molecule has 2 heterocycles. The first-order valence-corrected chi connectivity index (χ1v) is 10.1. The topological polar surface area (TPSA) is 80.5 Å². The molecule has 6 nitrogen and oxygen atoms in total. The van der Waals surface area contributed by atoms with Crippen LogP contribution >= 0.6 is 22.9 Å². The third-order valence-electron chi connectivity index (χ3n) is 2.84. The second-order valence-electron chi connectivity index (χ2n) is 4.26. The monoisotopic (exact) mass is 355 g/mol. The van der Waals surface area contributed by atoms with Crippen LogP contribution in [0, 0.1) is 0 Å². The number of nitrogens with one attached hydrogen (secondary N) is 1. The minimum absolute atomic E-state index is 0.0449. The molecule has 0 radical (unpaired) electrons. The first kappa shape index (κ1) is 15.9. The quantitative estimate of drug-likeness (QED) is 0.851. The second-order valence-corrected chi connectivity index (χ2v) is 8.97. The summed E-state index contributed by atoms with van der Waals surface area (Å²) in [7, 11) is -4.71. The molecule has 0 saturated heterocycles. The normalized spacial score (nSPS) is 15.6. The van der Waals surface area contributed by atoms with E-state index in [-0.39, 0.29) is 22.0 Å². The van der Waals surface area contributed by atoms with Gasteiger partial charge in [-0.3, -0.25) is 8.61 Å². The van der Waals surface area contributed by atoms with Crippen LogP contribution in [0.25, 0.3) is 4.96 Å². The predicted octanol–water partition coefficient (Wildman–Crippen LogP) is 1.48. The van der Waals surface area contributed by atoms with E-state index >= 15 is 0 Å². The molecule has 0 spiro atoms. The number of halogens is 1. The molecule has 0 amide bonds. The number of rotatable bonds is 6. The zero-order chi connectivity index (χ0) is 14.9. The van der Waals surface area contributed by atoms with Gasteiger partial charge < -0.3 is 0 Å². The summed E-state index contributed by atoms with van der Waals surface area (Å²) < 4.78 is 39.6. The number of thiazole rings is 1. The lowest BCUT2D eigenvalue weighted by Gasteiger charge is -2.09. The van der Waals surface area contributed by atoms with Gasteiger partial charge >= 0.3 is 0 Å². The highest BCUT2D eigenvalue weighted by atomic mass is 35.5. The summed E-state index contributed by atoms with van der Waals surface area (Å²) in [5.41, 5.74) is 0. The molecule has 0 aliphatic rings. The number of imidazole rings is 1. The van der Waals surface area contributed by atoms with E-state index < -0.39 is 20.8 Å². The van der Waals surface area contributed by atoms with E-state index in [0.717, 1.165) is 0 Å². The van der Waals surface area contributed by atoms with E-state index in [1.165, 1.54) is 15.7 Å². The molecule has 2 rings (SSSR count). The summed E-state index contributed by atoms with van der Waals surface area (Å²) in [6, 6.07) is 0. The summed E-state index contributed by atoms with van der Waals surface area (Å²) in [4.78, 5) is 4.52. The van der Waals surface area contributed by atoms with Crippen molar-refractivity contribution in [3.05, 3.63) is 16.7 Å². The molecule has 20 heavy (non-hydrogen) atoms. The molecule has 0 bridgehead atoms. The van der Waals surface area contributed by atoms with E-state index in [0.29, 0.717) is 11.4 Å². The smallest absolute Gasteiger partial charge is 0.259 e. The number of hydrogen-bond donors (Lipinski definition) is 1. The number of aromatic nitrogens is 2. The van der Waals surface area contributed by atoms with Crippen LogP contribution in [0.15, 0.2) is 16.6 Å². The van der Waals surface area contributed by atoms with Crippen molar-refractivity contribution >= 4 is 48.7 Å². The standard InChI is InChI=1S/C10H14ClN3O3S3/c1-7(19(2)15)3-4-12-20(16,17)9-8(11)13-10-14(9)5-6-18-10/h5-7,12H,3-4H2,1-2H3. The highest BCUT2D eigenvalue weighted by Gasteiger charge is 2.24. The average Bonchev–Trinajstić information content (AvgIpc) is 2.87. The Morgan fingerprint density at radius 1 is 1.60 bits per heavy atom. The largest absolute Gasteiger partial charge is 0.279 e. The Balaban J connectivity index is 2.16. The van der Waals surface area contributed by atoms with Crippen LogP contribution in [0.1, 0.15) is 13.3 Å². The van der Waals surface area contributed by atoms with Crippen LogP contribution in [0.4, 0.5) is 0 Å². The van der Waals surface area contributed by atoms with Crippen molar-refractivity contribution in [2.45, 2.75) is 23.6 Å². The highest BCUT2D eigenvalue weighted by Crippen LogP contribution is 2.25. The van der Waals surface area contributed by atoms with Gasteiger partial charge in [-0.05, 0) is 6.42 Å². The maximum Gasteiger partial charge on any atom is 0.259 e. The number of hydrogen-bond acceptors (Lipinski definition) is 5. The average molecular weight is 356 g/mol. The van der Waals surface area contributed by atoms with Gasteiger partial charge in [-0.15, -0.1) is 11.3 Å². The Labute approximate surface area is 128 Å². The van der Waals surface area contributed by atoms with E-state index in [1.54, 1.807) is 17.8 Å². The molecule has 2 atom stereocenters. The molecule has 10 heteroatoms. The van der Waals surface area contributed by atoms with Gasteiger partial charge in [0.15, 0.2) is 15.1 Å². The summed E-state index contributed by atoms with van der Waals surface area (Å²) in [5.74, 6) is 0. The van der Waals surface area contributed by atoms with Crippen LogP contribution in [-0.2, 0) is 20.8 Å². The first-order chi connectivity index (χ1) is 9.33. The van der Waals surface area contributed by atoms with Crippen molar-refractivity contribution < 1.29 is 12.6 Å². The molecule has 0 saturated carbocycles. The third kappa shape index (κ3) is 3.22. The van der Waals surface area contributed by atoms with Gasteiger partial charge in [0.25, 0.3) is 10.0 Å². The SMILES string of the molecule is CC(CCNS(=O)(=O)c1c(Cl)nc2sccn12)S(C)=O. The van der Waals surface area contributed by atoms with E-state index in [2.05, 4.69) is 9.71 Å². The lowest BCUT2D eigenvalue weighted by atomic mass is 10.3. The zero-order valence-electron chi connectivity index (χ0n) is 10.9. The maximum atomic E-state index is 12.2. The predicted molar refractivity (Wildman–Crippen MR) is 81.4 cm³/mol. The van der Waals surface area contributed by atoms with Crippen molar-refractivity contribution in [1.82, 2.24) is 14.1 Å². The Bertz CT molecular complexity index is 737. The number of nitrogens with zero attached hydrogens (tertiary/aromatic N) is 2. The van der Waals surface area contributed by atoms with Gasteiger partial charge in [-0.2, -0.15) is 0 Å². The lowest BCUT2D eigenvalue weighted by Crippen LogP contribution is -2.28. The van der Waals surface area contributed by atoms with Crippen LogP contribution in [0.5, 0.6) is 0 Å². The first-order valence-electron chi connectivity index (χ1n) is 5.76. The fourth-order valence-corrected chi connectivity index (χ4v) is 4.55. The zero-order valence-corrected chi connectivity index (χ0v) is 14.1. The van der Waals surface area contributed by atoms with Crippen LogP contribution in [0.3, 0.4) is 0 Å². The van der Waals surface area contributed by atoms with Crippen molar-refractivity contribution in [1.29, 1.82) is 0 Å². The molecular weight excluding hydrogens is 342 g/mol. The van der Waals surface area contributed by atoms with Crippen LogP contribution < -0.4 is 4.72 Å². The Hall–Kier alpha value is -0.480. The Morgan fingerprint density at radius 3 is 2.95 bits per heavy atom. The van der Waals surface area contributed by atoms with Crippen molar-refractivity contribution in [2.24, 2.45) is 0 Å². The minimum Gasteiger partial charge on any atom is -0.279 e. The second kappa shape index (κ2) is 6.10. The van der Waals surface area contributed by atoms with E-state index in [9.17, 15) is 12.6 Å². The molecule has 2 aromatic rings. The maximum absolute atomic E-state index is 12.2. The molecule has 0 aliphatic carbocycles. The summed E-state index contributed by atoms with van der Waals surface area (Å²) in [6.07, 6.45) is 3.70. The molecule has 112 valence electrons. The van der Waals surface area contributed by atoms with Crippen LogP contribution in [-0.4, -0.2) is 40.1 Å². The molecular formula is C10H14ClN3O3S3. The van der Waals surface area contributed by atoms with Crippen molar-refractivity contribution in [2.75, 3.05) is 12.8 Å². The Morgan fingerprint density at radius 2 is 2.30 bits per heavy atom. The minimum atomic E-state index is -3.74. The number of fused-ring (bicyclic) bond motifs is 1. The van der Waals surface area contributed by atoms with Gasteiger partial charge in [0.1, 0.15) is 0 Å². The van der Waals surface area contributed by atoms with E-state index in [4.69, 9.17) is 11.6 Å². The molecule has 0 aliphatic heterocycles. The Kier molecular flexibility index (Phi) is 4.85. The molecule has 2 unspecified atom stereocenters. The molecule has 2 aromatic heterocycles. The van der Waals surface area contributed by atoms with Gasteiger partial charge in [-0.1, -0.05) is 18.5 Å². The van der Waals surface area contributed by atoms with Gasteiger partial charge in [-0.25, -0.2) is 18.1 Å². The number of sulfonamides is 1. The summed E-state index contributed by atoms with van der Waals surface area (Å²) in [5, 5.41) is 1.57. The van der Waals surface area contributed by atoms with Gasteiger partial charge in [0.05, 0.1) is 0 Å².